The smallest absolute Gasteiger partial charge is 0.123 e. The van der Waals surface area contributed by atoms with Crippen molar-refractivity contribution in [1.82, 2.24) is 19.9 Å². The normalized spacial score (nSPS) is 12.1. The second-order valence-corrected chi connectivity index (χ2v) is 19.2. The topological polar surface area (TPSA) is 175 Å². The second kappa shape index (κ2) is 20.6. The molecule has 4 aromatic carbocycles. The molecule has 6 aromatic rings. The van der Waals surface area contributed by atoms with Gasteiger partial charge in [0.05, 0.1) is 59.6 Å². The molecule has 6 N–H and O–H groups in total. The molecule has 0 saturated carbocycles. The number of nitrogens with zero attached hydrogens (tertiary/aromatic N) is 4. The molecule has 58 heavy (non-hydrogen) atoms. The molecule has 0 aliphatic carbocycles. The Labute approximate surface area is 353 Å². The number of nitrogens with one attached hydrogen (secondary N) is 2. The molecule has 6 rings (SSSR count). The van der Waals surface area contributed by atoms with Gasteiger partial charge >= 0.3 is 0 Å². The van der Waals surface area contributed by atoms with Crippen molar-refractivity contribution in [1.29, 1.82) is 10.5 Å². The van der Waals surface area contributed by atoms with Crippen LogP contribution in [0.3, 0.4) is 0 Å². The number of ether oxygens (including phenoxy) is 2. The highest BCUT2D eigenvalue weighted by atomic mass is 32.2. The van der Waals surface area contributed by atoms with Gasteiger partial charge in [-0.25, -0.2) is 9.97 Å². The van der Waals surface area contributed by atoms with Gasteiger partial charge in [0.2, 0.25) is 0 Å². The lowest BCUT2D eigenvalue weighted by Crippen LogP contribution is -2.09. The quantitative estimate of drug-likeness (QED) is 0.118. The Morgan fingerprint density at radius 2 is 0.931 bits per heavy atom. The second-order valence-electron chi connectivity index (χ2n) is 16.2. The summed E-state index contributed by atoms with van der Waals surface area (Å²) >= 11 is 2.76. The molecule has 0 aliphatic rings. The molecule has 0 amide bonds. The fourth-order valence-corrected chi connectivity index (χ4v) is 6.21. The first-order valence-electron chi connectivity index (χ1n) is 19.0. The summed E-state index contributed by atoms with van der Waals surface area (Å²) < 4.78 is 11.6. The van der Waals surface area contributed by atoms with E-state index in [2.05, 4.69) is 139 Å². The molecule has 2 heterocycles. The lowest BCUT2D eigenvalue weighted by atomic mass is 9.93. The Bertz CT molecular complexity index is 2220. The third-order valence-corrected chi connectivity index (χ3v) is 10.5. The van der Waals surface area contributed by atoms with E-state index in [9.17, 15) is 0 Å². The Hall–Kier alpha value is -4.98. The van der Waals surface area contributed by atoms with Gasteiger partial charge in [0.15, 0.2) is 0 Å². The number of fused-ring (bicyclic) bond motifs is 2. The van der Waals surface area contributed by atoms with E-state index in [-0.39, 0.29) is 21.3 Å². The van der Waals surface area contributed by atoms with Crippen molar-refractivity contribution in [3.8, 4) is 23.6 Å². The average Bonchev–Trinajstić information content (AvgIpc) is 3.81. The fourth-order valence-electron chi connectivity index (χ4n) is 6.21. The lowest BCUT2D eigenvalue weighted by Gasteiger charge is -2.17. The molecule has 10 nitrogen and oxygen atoms in total. The van der Waals surface area contributed by atoms with Crippen LogP contribution in [0.2, 0.25) is 0 Å². The Kier molecular flexibility index (Phi) is 16.9. The lowest BCUT2D eigenvalue weighted by molar-refractivity contribution is 0.407. The van der Waals surface area contributed by atoms with Crippen LogP contribution in [0.5, 0.6) is 11.5 Å². The molecule has 12 heteroatoms. The zero-order valence-corrected chi connectivity index (χ0v) is 38.1. The summed E-state index contributed by atoms with van der Waals surface area (Å²) in [6, 6.07) is 23.7. The van der Waals surface area contributed by atoms with E-state index < -0.39 is 0 Å². The van der Waals surface area contributed by atoms with Crippen LogP contribution < -0.4 is 19.8 Å². The number of imidazole rings is 2. The van der Waals surface area contributed by atoms with Gasteiger partial charge in [-0.05, 0) is 140 Å². The highest BCUT2D eigenvalue weighted by Crippen LogP contribution is 2.36. The molecular weight excluding hydrogens is 761 g/mol. The summed E-state index contributed by atoms with van der Waals surface area (Å²) in [5.41, 5.74) is 11.8. The number of aryl methyl sites for hydroxylation is 4. The van der Waals surface area contributed by atoms with Gasteiger partial charge in [-0.2, -0.15) is 10.5 Å². The van der Waals surface area contributed by atoms with Crippen LogP contribution in [0, 0.1) is 50.4 Å². The minimum absolute atomic E-state index is 0.0727. The molecule has 2 atom stereocenters. The third kappa shape index (κ3) is 13.0. The Morgan fingerprint density at radius 3 is 1.21 bits per heavy atom. The summed E-state index contributed by atoms with van der Waals surface area (Å²) in [6.45, 7) is 25.0. The number of nitrogens with two attached hydrogens (primary N) is 2. The van der Waals surface area contributed by atoms with Crippen molar-refractivity contribution < 1.29 is 9.47 Å². The first kappa shape index (κ1) is 47.4. The van der Waals surface area contributed by atoms with E-state index in [1.54, 1.807) is 26.4 Å². The standard InChI is InChI=1S/2C19H19N3O.2C4H11NS/c2*1-11-7-12(2)18(17(8-11)23-4)13(3)19-21-15-6-5-14(10-20)9-16(15)22-19;2*1-4(2,3)6-5/h2*5-9,13H,1-4H3,(H,21,22);2*5H2,1-3H3. The van der Waals surface area contributed by atoms with Gasteiger partial charge < -0.3 is 19.4 Å². The maximum Gasteiger partial charge on any atom is 0.123 e. The van der Waals surface area contributed by atoms with Crippen LogP contribution in [-0.4, -0.2) is 43.6 Å². The van der Waals surface area contributed by atoms with Crippen LogP contribution >= 0.6 is 23.9 Å². The number of nitriles is 2. The van der Waals surface area contributed by atoms with Gasteiger partial charge in [-0.1, -0.05) is 49.9 Å². The van der Waals surface area contributed by atoms with E-state index in [0.29, 0.717) is 11.1 Å². The zero-order chi connectivity index (χ0) is 43.5. The van der Waals surface area contributed by atoms with Crippen molar-refractivity contribution >= 4 is 46.0 Å². The number of aromatic nitrogens is 4. The van der Waals surface area contributed by atoms with Gasteiger partial charge in [0.25, 0.3) is 0 Å². The van der Waals surface area contributed by atoms with Gasteiger partial charge in [-0.3, -0.25) is 10.3 Å². The number of H-pyrrole nitrogens is 2. The predicted octanol–water partition coefficient (Wildman–Crippen LogP) is 11.2. The number of aromatic amines is 2. The van der Waals surface area contributed by atoms with Crippen LogP contribution in [0.1, 0.15) is 123 Å². The maximum atomic E-state index is 9.02. The monoisotopic (exact) mass is 820 g/mol. The minimum atomic E-state index is 0.0727. The number of hydrogen-bond acceptors (Lipinski definition) is 10. The van der Waals surface area contributed by atoms with Gasteiger partial charge in [0, 0.05) is 32.5 Å². The molecule has 0 spiro atoms. The van der Waals surface area contributed by atoms with E-state index in [0.717, 1.165) is 56.3 Å². The largest absolute Gasteiger partial charge is 0.496 e. The first-order valence-corrected chi connectivity index (χ1v) is 20.8. The molecule has 0 aliphatic heterocycles. The van der Waals surface area contributed by atoms with Crippen LogP contribution in [0.4, 0.5) is 0 Å². The molecule has 0 fully saturated rings. The average molecular weight is 821 g/mol. The van der Waals surface area contributed by atoms with E-state index in [1.165, 1.54) is 46.1 Å². The van der Waals surface area contributed by atoms with Crippen molar-refractivity contribution in [2.24, 2.45) is 10.3 Å². The minimum Gasteiger partial charge on any atom is -0.496 e. The van der Waals surface area contributed by atoms with Gasteiger partial charge in [0.1, 0.15) is 23.1 Å². The van der Waals surface area contributed by atoms with Crippen molar-refractivity contribution in [3.63, 3.8) is 0 Å². The number of methoxy groups -OCH3 is 2. The van der Waals surface area contributed by atoms with Crippen LogP contribution in [0.15, 0.2) is 60.7 Å². The Balaban J connectivity index is 0.000000243. The molecule has 308 valence electrons. The zero-order valence-electron chi connectivity index (χ0n) is 36.5. The summed E-state index contributed by atoms with van der Waals surface area (Å²) in [7, 11) is 3.39. The van der Waals surface area contributed by atoms with Crippen molar-refractivity contribution in [2.45, 2.75) is 104 Å². The Morgan fingerprint density at radius 1 is 0.603 bits per heavy atom. The predicted molar refractivity (Wildman–Crippen MR) is 245 cm³/mol. The highest BCUT2D eigenvalue weighted by Gasteiger charge is 2.21. The number of rotatable bonds is 6. The highest BCUT2D eigenvalue weighted by molar-refractivity contribution is 7.98. The molecule has 0 bridgehead atoms. The van der Waals surface area contributed by atoms with Crippen LogP contribution in [0.25, 0.3) is 22.1 Å². The van der Waals surface area contributed by atoms with Crippen molar-refractivity contribution in [3.05, 3.63) is 117 Å². The summed E-state index contributed by atoms with van der Waals surface area (Å²) in [5, 5.41) is 28.5. The summed E-state index contributed by atoms with van der Waals surface area (Å²) in [5.74, 6) is 3.66. The van der Waals surface area contributed by atoms with E-state index in [4.69, 9.17) is 30.3 Å². The number of hydrogen-bond donors (Lipinski definition) is 4. The molecule has 0 radical (unpaired) electrons. The molecular formula is C46H60N8O2S2. The summed E-state index contributed by atoms with van der Waals surface area (Å²) in [6.07, 6.45) is 0. The maximum absolute atomic E-state index is 9.02. The molecule has 2 aromatic heterocycles. The number of benzene rings is 4. The SMILES string of the molecule is CC(C)(C)SN.CC(C)(C)SN.COc1cc(C)cc(C)c1C(C)c1nc2ccc(C#N)cc2[nH]1.COc1cc(C)cc(C)c1C(C)c1nc2ccc(C#N)cc2[nH]1. The van der Waals surface area contributed by atoms with Gasteiger partial charge in [-0.15, -0.1) is 0 Å². The summed E-state index contributed by atoms with van der Waals surface area (Å²) in [4.78, 5) is 16.1. The molecule has 0 saturated heterocycles. The van der Waals surface area contributed by atoms with E-state index in [1.807, 2.05) is 24.3 Å². The van der Waals surface area contributed by atoms with E-state index >= 15 is 0 Å². The fraction of sp³-hybridized carbons (Fsp3) is 0.391. The third-order valence-electron chi connectivity index (χ3n) is 9.08. The van der Waals surface area contributed by atoms with Crippen molar-refractivity contribution in [2.75, 3.05) is 14.2 Å². The molecule has 2 unspecified atom stereocenters. The van der Waals surface area contributed by atoms with Crippen LogP contribution in [-0.2, 0) is 0 Å². The first-order chi connectivity index (χ1) is 27.2.